The predicted octanol–water partition coefficient (Wildman–Crippen LogP) is 3.33. The summed E-state index contributed by atoms with van der Waals surface area (Å²) in [5.74, 6) is 1.20. The standard InChI is InChI=1S/C22H30N4O4/c1-21(2,3)30-20(28)26-11-8-22(9-12-26)14-17(27)16-13-15(5-6-18(16)29-22)25-19(24-4)7-10-23/h5-7,10,13H,8-9,11-12,14,23H2,1-4H3,(H,24,25). The molecule has 0 radical (unpaired) electrons. The van der Waals surface area contributed by atoms with Gasteiger partial charge in [0.2, 0.25) is 0 Å². The molecule has 0 saturated carbocycles. The minimum Gasteiger partial charge on any atom is -0.486 e. The Labute approximate surface area is 177 Å². The van der Waals surface area contributed by atoms with E-state index in [1.54, 1.807) is 30.2 Å². The van der Waals surface area contributed by atoms with Crippen LogP contribution in [0.5, 0.6) is 5.75 Å². The van der Waals surface area contributed by atoms with Gasteiger partial charge in [-0.15, -0.1) is 0 Å². The van der Waals surface area contributed by atoms with Gasteiger partial charge in [-0.2, -0.15) is 0 Å². The first-order valence-electron chi connectivity index (χ1n) is 10.1. The van der Waals surface area contributed by atoms with Crippen LogP contribution in [-0.2, 0) is 4.74 Å². The van der Waals surface area contributed by atoms with Gasteiger partial charge in [-0.05, 0) is 51.2 Å². The summed E-state index contributed by atoms with van der Waals surface area (Å²) in [6, 6.07) is 5.42. The molecule has 3 rings (SSSR count). The van der Waals surface area contributed by atoms with E-state index in [1.165, 1.54) is 6.20 Å². The smallest absolute Gasteiger partial charge is 0.410 e. The molecule has 0 bridgehead atoms. The number of nitrogens with zero attached hydrogens (tertiary/aromatic N) is 2. The van der Waals surface area contributed by atoms with Crippen LogP contribution in [0.2, 0.25) is 0 Å². The number of benzene rings is 1. The van der Waals surface area contributed by atoms with Crippen molar-refractivity contribution in [3.8, 4) is 5.75 Å². The van der Waals surface area contributed by atoms with Crippen LogP contribution in [0.15, 0.2) is 35.5 Å². The van der Waals surface area contributed by atoms with Crippen LogP contribution in [0.4, 0.5) is 10.5 Å². The molecule has 0 unspecified atom stereocenters. The Morgan fingerprint density at radius 2 is 2.03 bits per heavy atom. The molecule has 0 atom stereocenters. The van der Waals surface area contributed by atoms with Crippen LogP contribution in [-0.4, -0.2) is 54.0 Å². The molecule has 1 amide bonds. The van der Waals surface area contributed by atoms with E-state index >= 15 is 0 Å². The molecule has 8 nitrogen and oxygen atoms in total. The first kappa shape index (κ1) is 21.7. The maximum Gasteiger partial charge on any atom is 0.410 e. The van der Waals surface area contributed by atoms with E-state index in [0.29, 0.717) is 49.5 Å². The summed E-state index contributed by atoms with van der Waals surface area (Å²) in [7, 11) is 1.66. The molecular weight excluding hydrogens is 384 g/mol. The maximum absolute atomic E-state index is 12.9. The van der Waals surface area contributed by atoms with Crippen LogP contribution < -0.4 is 15.8 Å². The fourth-order valence-corrected chi connectivity index (χ4v) is 3.69. The lowest BCUT2D eigenvalue weighted by Crippen LogP contribution is -2.52. The number of amidine groups is 1. The van der Waals surface area contributed by atoms with E-state index in [1.807, 2.05) is 26.8 Å². The van der Waals surface area contributed by atoms with E-state index in [9.17, 15) is 9.59 Å². The Morgan fingerprint density at radius 1 is 1.33 bits per heavy atom. The Kier molecular flexibility index (Phi) is 6.05. The lowest BCUT2D eigenvalue weighted by molar-refractivity contribution is -0.0226. The van der Waals surface area contributed by atoms with Crippen molar-refractivity contribution in [3.05, 3.63) is 36.0 Å². The number of piperidine rings is 1. The number of hydrogen-bond donors (Lipinski definition) is 2. The minimum atomic E-state index is -0.574. The molecule has 30 heavy (non-hydrogen) atoms. The topological polar surface area (TPSA) is 106 Å². The van der Waals surface area contributed by atoms with Crippen molar-refractivity contribution < 1.29 is 19.1 Å². The van der Waals surface area contributed by atoms with Gasteiger partial charge in [0.25, 0.3) is 0 Å². The van der Waals surface area contributed by atoms with E-state index in [4.69, 9.17) is 15.2 Å². The molecule has 0 aliphatic carbocycles. The van der Waals surface area contributed by atoms with Crippen LogP contribution in [0.25, 0.3) is 0 Å². The van der Waals surface area contributed by atoms with E-state index in [-0.39, 0.29) is 11.9 Å². The number of rotatable bonds is 2. The van der Waals surface area contributed by atoms with Crippen molar-refractivity contribution in [1.82, 2.24) is 4.90 Å². The molecule has 1 aromatic carbocycles. The number of hydrogen-bond acceptors (Lipinski definition) is 6. The lowest BCUT2D eigenvalue weighted by Gasteiger charge is -2.44. The monoisotopic (exact) mass is 414 g/mol. The number of nitrogens with two attached hydrogens (primary N) is 1. The molecule has 8 heteroatoms. The third-order valence-corrected chi connectivity index (χ3v) is 5.18. The zero-order valence-corrected chi connectivity index (χ0v) is 18.0. The second-order valence-corrected chi connectivity index (χ2v) is 8.66. The number of likely N-dealkylation sites (tertiary alicyclic amines) is 1. The number of aliphatic imine (C=N–C) groups is 1. The number of fused-ring (bicyclic) bond motifs is 1. The van der Waals surface area contributed by atoms with Gasteiger partial charge >= 0.3 is 6.09 Å². The summed E-state index contributed by atoms with van der Waals surface area (Å²) >= 11 is 0. The predicted molar refractivity (Wildman–Crippen MR) is 116 cm³/mol. The zero-order valence-electron chi connectivity index (χ0n) is 18.0. The third kappa shape index (κ3) is 4.93. The van der Waals surface area contributed by atoms with Gasteiger partial charge in [0.15, 0.2) is 5.78 Å². The van der Waals surface area contributed by atoms with Gasteiger partial charge in [0.05, 0.1) is 12.0 Å². The molecule has 1 saturated heterocycles. The normalized spacial score (nSPS) is 18.9. The Balaban J connectivity index is 1.69. The number of ether oxygens (including phenoxy) is 2. The second-order valence-electron chi connectivity index (χ2n) is 8.66. The largest absolute Gasteiger partial charge is 0.486 e. The highest BCUT2D eigenvalue weighted by molar-refractivity contribution is 6.06. The summed E-state index contributed by atoms with van der Waals surface area (Å²) in [6.07, 6.45) is 4.19. The molecular formula is C22H30N4O4. The average molecular weight is 415 g/mol. The number of nitrogens with one attached hydrogen (secondary N) is 1. The number of carbonyl (C=O) groups excluding carboxylic acids is 2. The average Bonchev–Trinajstić information content (AvgIpc) is 2.67. The molecule has 3 N–H and O–H groups in total. The Hall–Kier alpha value is -3.03. The highest BCUT2D eigenvalue weighted by Gasteiger charge is 2.44. The Morgan fingerprint density at radius 3 is 2.63 bits per heavy atom. The lowest BCUT2D eigenvalue weighted by atomic mass is 9.82. The number of ketones is 1. The van der Waals surface area contributed by atoms with Crippen LogP contribution >= 0.6 is 0 Å². The highest BCUT2D eigenvalue weighted by Crippen LogP contribution is 2.40. The van der Waals surface area contributed by atoms with E-state index < -0.39 is 11.2 Å². The van der Waals surface area contributed by atoms with Crippen molar-refractivity contribution in [2.24, 2.45) is 10.7 Å². The van der Waals surface area contributed by atoms with Crippen molar-refractivity contribution in [2.45, 2.75) is 51.2 Å². The molecule has 2 heterocycles. The van der Waals surface area contributed by atoms with Gasteiger partial charge in [0.1, 0.15) is 22.8 Å². The van der Waals surface area contributed by atoms with Gasteiger partial charge in [-0.1, -0.05) is 0 Å². The first-order valence-corrected chi connectivity index (χ1v) is 10.1. The summed E-state index contributed by atoms with van der Waals surface area (Å²) in [4.78, 5) is 31.0. The molecule has 1 fully saturated rings. The number of anilines is 1. The quantitative estimate of drug-likeness (QED) is 0.568. The fraction of sp³-hybridized carbons (Fsp3) is 0.500. The number of carbonyl (C=O) groups is 2. The molecule has 2 aliphatic heterocycles. The van der Waals surface area contributed by atoms with Crippen molar-refractivity contribution in [1.29, 1.82) is 0 Å². The summed E-state index contributed by atoms with van der Waals surface area (Å²) < 4.78 is 11.8. The first-order chi connectivity index (χ1) is 14.1. The summed E-state index contributed by atoms with van der Waals surface area (Å²) in [5.41, 5.74) is 5.60. The molecule has 1 aromatic rings. The molecule has 162 valence electrons. The van der Waals surface area contributed by atoms with E-state index in [2.05, 4.69) is 10.3 Å². The molecule has 2 aliphatic rings. The summed E-state index contributed by atoms with van der Waals surface area (Å²) in [5, 5.41) is 3.13. The van der Waals surface area contributed by atoms with Crippen LogP contribution in [0.1, 0.15) is 50.4 Å². The zero-order chi connectivity index (χ0) is 21.9. The van der Waals surface area contributed by atoms with Crippen LogP contribution in [0.3, 0.4) is 0 Å². The molecule has 1 spiro atoms. The second kappa shape index (κ2) is 8.38. The molecule has 0 aromatic heterocycles. The highest BCUT2D eigenvalue weighted by atomic mass is 16.6. The fourth-order valence-electron chi connectivity index (χ4n) is 3.69. The van der Waals surface area contributed by atoms with Crippen molar-refractivity contribution in [2.75, 3.05) is 25.5 Å². The minimum absolute atomic E-state index is 0.0370. The van der Waals surface area contributed by atoms with Crippen molar-refractivity contribution in [3.63, 3.8) is 0 Å². The number of amides is 1. The van der Waals surface area contributed by atoms with Gasteiger partial charge < -0.3 is 25.4 Å². The SMILES string of the molecule is CN=C(C=CN)Nc1ccc2c(c1)C(=O)CC1(CCN(C(=O)OC(C)(C)C)CC1)O2. The van der Waals surface area contributed by atoms with Crippen LogP contribution in [0, 0.1) is 0 Å². The Bertz CT molecular complexity index is 878. The van der Waals surface area contributed by atoms with Gasteiger partial charge in [-0.3, -0.25) is 9.79 Å². The van der Waals surface area contributed by atoms with Gasteiger partial charge in [0, 0.05) is 38.7 Å². The maximum atomic E-state index is 12.9. The third-order valence-electron chi connectivity index (χ3n) is 5.18. The summed E-state index contributed by atoms with van der Waals surface area (Å²) in [6.45, 7) is 6.54. The number of Topliss-reactive ketones (excluding diaryl/α,β-unsaturated/α-hetero) is 1. The van der Waals surface area contributed by atoms with Gasteiger partial charge in [-0.25, -0.2) is 4.79 Å². The van der Waals surface area contributed by atoms with Crippen molar-refractivity contribution >= 4 is 23.4 Å². The van der Waals surface area contributed by atoms with E-state index in [0.717, 1.165) is 5.69 Å².